The molecule has 0 saturated carbocycles. The number of aromatic nitrogens is 3. The van der Waals surface area contributed by atoms with Crippen LogP contribution in [0.15, 0.2) is 24.3 Å². The first kappa shape index (κ1) is 15.5. The summed E-state index contributed by atoms with van der Waals surface area (Å²) in [5.74, 6) is 2.50. The SMILES string of the molecule is CC(C)c1nnc(CN2CCC[C@@H]2c2ccc(Cl)cc2)n1C. The molecule has 1 aromatic heterocycles. The lowest BCUT2D eigenvalue weighted by Gasteiger charge is -2.24. The molecule has 4 nitrogen and oxygen atoms in total. The Morgan fingerprint density at radius 1 is 1.23 bits per heavy atom. The van der Waals surface area contributed by atoms with E-state index in [1.54, 1.807) is 0 Å². The molecule has 1 aliphatic rings. The highest BCUT2D eigenvalue weighted by Crippen LogP contribution is 2.33. The van der Waals surface area contributed by atoms with Gasteiger partial charge in [0.05, 0.1) is 6.54 Å². The highest BCUT2D eigenvalue weighted by molar-refractivity contribution is 6.30. The summed E-state index contributed by atoms with van der Waals surface area (Å²) in [5.41, 5.74) is 1.34. The number of halogens is 1. The van der Waals surface area contributed by atoms with E-state index in [0.717, 1.165) is 29.8 Å². The zero-order chi connectivity index (χ0) is 15.7. The van der Waals surface area contributed by atoms with Crippen molar-refractivity contribution < 1.29 is 0 Å². The monoisotopic (exact) mass is 318 g/mol. The zero-order valence-electron chi connectivity index (χ0n) is 13.5. The molecule has 22 heavy (non-hydrogen) atoms. The Hall–Kier alpha value is -1.39. The van der Waals surface area contributed by atoms with Gasteiger partial charge in [0.25, 0.3) is 0 Å². The lowest BCUT2D eigenvalue weighted by Crippen LogP contribution is -2.24. The summed E-state index contributed by atoms with van der Waals surface area (Å²) in [6.07, 6.45) is 2.42. The Balaban J connectivity index is 1.78. The molecule has 0 amide bonds. The number of hydrogen-bond donors (Lipinski definition) is 0. The average Bonchev–Trinajstić information content (AvgIpc) is 3.08. The maximum absolute atomic E-state index is 6.00. The summed E-state index contributed by atoms with van der Waals surface area (Å²) in [4.78, 5) is 2.50. The first-order chi connectivity index (χ1) is 10.6. The van der Waals surface area contributed by atoms with Gasteiger partial charge in [0.1, 0.15) is 11.6 Å². The van der Waals surface area contributed by atoms with E-state index in [-0.39, 0.29) is 0 Å². The van der Waals surface area contributed by atoms with Crippen molar-refractivity contribution in [1.29, 1.82) is 0 Å². The molecule has 0 unspecified atom stereocenters. The first-order valence-electron chi connectivity index (χ1n) is 7.94. The molecule has 1 aliphatic heterocycles. The third-order valence-corrected chi connectivity index (χ3v) is 4.73. The van der Waals surface area contributed by atoms with Crippen LogP contribution in [0.3, 0.4) is 0 Å². The van der Waals surface area contributed by atoms with E-state index in [0.29, 0.717) is 12.0 Å². The molecule has 5 heteroatoms. The van der Waals surface area contributed by atoms with Crippen molar-refractivity contribution in [3.05, 3.63) is 46.5 Å². The van der Waals surface area contributed by atoms with Gasteiger partial charge >= 0.3 is 0 Å². The number of rotatable bonds is 4. The fraction of sp³-hybridized carbons (Fsp3) is 0.529. The third kappa shape index (κ3) is 3.03. The molecule has 118 valence electrons. The first-order valence-corrected chi connectivity index (χ1v) is 8.31. The topological polar surface area (TPSA) is 34.0 Å². The average molecular weight is 319 g/mol. The van der Waals surface area contributed by atoms with Crippen molar-refractivity contribution >= 4 is 11.6 Å². The minimum absolute atomic E-state index is 0.400. The molecule has 1 saturated heterocycles. The molecule has 0 spiro atoms. The number of hydrogen-bond acceptors (Lipinski definition) is 3. The van der Waals surface area contributed by atoms with Crippen molar-refractivity contribution in [3.8, 4) is 0 Å². The fourth-order valence-corrected chi connectivity index (χ4v) is 3.40. The fourth-order valence-electron chi connectivity index (χ4n) is 3.28. The Bertz CT molecular complexity index is 633. The summed E-state index contributed by atoms with van der Waals surface area (Å²) in [5, 5.41) is 9.52. The molecule has 1 atom stereocenters. The van der Waals surface area contributed by atoms with Crippen LogP contribution in [0, 0.1) is 0 Å². The normalized spacial score (nSPS) is 19.2. The summed E-state index contributed by atoms with van der Waals surface area (Å²) in [6.45, 7) is 6.26. The minimum Gasteiger partial charge on any atom is -0.317 e. The van der Waals surface area contributed by atoms with Crippen LogP contribution in [0.2, 0.25) is 5.02 Å². The lowest BCUT2D eigenvalue weighted by atomic mass is 10.0. The summed E-state index contributed by atoms with van der Waals surface area (Å²) < 4.78 is 2.14. The van der Waals surface area contributed by atoms with Gasteiger partial charge in [-0.15, -0.1) is 10.2 Å². The van der Waals surface area contributed by atoms with Gasteiger partial charge in [-0.1, -0.05) is 37.6 Å². The van der Waals surface area contributed by atoms with Crippen LogP contribution in [0.4, 0.5) is 0 Å². The van der Waals surface area contributed by atoms with E-state index in [4.69, 9.17) is 11.6 Å². The maximum atomic E-state index is 6.00. The highest BCUT2D eigenvalue weighted by Gasteiger charge is 2.27. The number of nitrogens with zero attached hydrogens (tertiary/aromatic N) is 4. The van der Waals surface area contributed by atoms with Gasteiger partial charge < -0.3 is 4.57 Å². The van der Waals surface area contributed by atoms with E-state index in [9.17, 15) is 0 Å². The van der Waals surface area contributed by atoms with E-state index >= 15 is 0 Å². The highest BCUT2D eigenvalue weighted by atomic mass is 35.5. The van der Waals surface area contributed by atoms with Gasteiger partial charge in [0.2, 0.25) is 0 Å². The van der Waals surface area contributed by atoms with Crippen LogP contribution in [-0.2, 0) is 13.6 Å². The Morgan fingerprint density at radius 2 is 1.95 bits per heavy atom. The lowest BCUT2D eigenvalue weighted by molar-refractivity contribution is 0.239. The minimum atomic E-state index is 0.400. The second-order valence-electron chi connectivity index (χ2n) is 6.37. The molecule has 3 rings (SSSR count). The summed E-state index contributed by atoms with van der Waals surface area (Å²) in [6, 6.07) is 8.69. The predicted molar refractivity (Wildman–Crippen MR) is 88.9 cm³/mol. The second-order valence-corrected chi connectivity index (χ2v) is 6.80. The molecule has 0 aliphatic carbocycles. The third-order valence-electron chi connectivity index (χ3n) is 4.48. The molecule has 1 fully saturated rings. The molecular formula is C17H23ClN4. The molecule has 2 aromatic rings. The van der Waals surface area contributed by atoms with Crippen LogP contribution in [0.1, 0.15) is 55.9 Å². The van der Waals surface area contributed by atoms with Crippen molar-refractivity contribution in [2.45, 2.75) is 45.2 Å². The van der Waals surface area contributed by atoms with Crippen molar-refractivity contribution in [1.82, 2.24) is 19.7 Å². The summed E-state index contributed by atoms with van der Waals surface area (Å²) in [7, 11) is 2.07. The van der Waals surface area contributed by atoms with Gasteiger partial charge in [-0.2, -0.15) is 0 Å². The van der Waals surface area contributed by atoms with Gasteiger partial charge in [-0.25, -0.2) is 0 Å². The van der Waals surface area contributed by atoms with Crippen molar-refractivity contribution in [2.24, 2.45) is 7.05 Å². The van der Waals surface area contributed by atoms with E-state index < -0.39 is 0 Å². The smallest absolute Gasteiger partial charge is 0.146 e. The van der Waals surface area contributed by atoms with E-state index in [1.807, 2.05) is 12.1 Å². The van der Waals surface area contributed by atoms with Gasteiger partial charge in [0.15, 0.2) is 0 Å². The molecule has 2 heterocycles. The molecule has 0 radical (unpaired) electrons. The molecular weight excluding hydrogens is 296 g/mol. The van der Waals surface area contributed by atoms with Crippen LogP contribution in [0.5, 0.6) is 0 Å². The number of benzene rings is 1. The number of likely N-dealkylation sites (tertiary alicyclic amines) is 1. The summed E-state index contributed by atoms with van der Waals surface area (Å²) >= 11 is 6.00. The van der Waals surface area contributed by atoms with Crippen molar-refractivity contribution in [3.63, 3.8) is 0 Å². The van der Waals surface area contributed by atoms with Gasteiger partial charge in [-0.3, -0.25) is 4.90 Å². The van der Waals surface area contributed by atoms with Crippen molar-refractivity contribution in [2.75, 3.05) is 6.54 Å². The quantitative estimate of drug-likeness (QED) is 0.856. The largest absolute Gasteiger partial charge is 0.317 e. The van der Waals surface area contributed by atoms with Crippen LogP contribution in [0.25, 0.3) is 0 Å². The Morgan fingerprint density at radius 3 is 2.59 bits per heavy atom. The van der Waals surface area contributed by atoms with Crippen LogP contribution < -0.4 is 0 Å². The Labute approximate surface area is 137 Å². The molecule has 0 N–H and O–H groups in total. The second kappa shape index (κ2) is 6.39. The maximum Gasteiger partial charge on any atom is 0.146 e. The van der Waals surface area contributed by atoms with Crippen LogP contribution >= 0.6 is 11.6 Å². The van der Waals surface area contributed by atoms with Gasteiger partial charge in [0, 0.05) is 24.0 Å². The molecule has 0 bridgehead atoms. The molecule has 1 aromatic carbocycles. The van der Waals surface area contributed by atoms with E-state index in [1.165, 1.54) is 18.4 Å². The predicted octanol–water partition coefficient (Wildman–Crippen LogP) is 3.93. The standard InChI is InChI=1S/C17H23ClN4/c1-12(2)17-20-19-16(21(17)3)11-22-10-4-5-15(22)13-6-8-14(18)9-7-13/h6-9,12,15H,4-5,10-11H2,1-3H3/t15-/m1/s1. The van der Waals surface area contributed by atoms with E-state index in [2.05, 4.69) is 52.7 Å². The zero-order valence-corrected chi connectivity index (χ0v) is 14.2. The van der Waals surface area contributed by atoms with Gasteiger partial charge in [-0.05, 0) is 37.1 Å². The van der Waals surface area contributed by atoms with Crippen LogP contribution in [-0.4, -0.2) is 26.2 Å². The Kier molecular flexibility index (Phi) is 4.50.